The minimum absolute atomic E-state index is 0.0445. The van der Waals surface area contributed by atoms with Crippen LogP contribution in [0, 0.1) is 12.3 Å². The summed E-state index contributed by atoms with van der Waals surface area (Å²) in [5, 5.41) is 11.1. The summed E-state index contributed by atoms with van der Waals surface area (Å²) in [6.07, 6.45) is 3.23. The van der Waals surface area contributed by atoms with Crippen LogP contribution in [0.15, 0.2) is 24.3 Å². The Kier molecular flexibility index (Phi) is 13.9. The SMILES string of the molecule is CC(=O)OCC1OC(Oc2n[nH]c(C(C)C)c2Cc2ccc(C=CCCN3CCC4(CCNCC4)C3)cc2C)C(OC(C)=O)C(OC(C)=O)C1OC(C)=O. The Bertz CT molecular complexity index is 1670. The maximum Gasteiger partial charge on any atom is 0.303 e. The van der Waals surface area contributed by atoms with Crippen LogP contribution in [0.5, 0.6) is 5.88 Å². The van der Waals surface area contributed by atoms with Crippen molar-refractivity contribution >= 4 is 30.0 Å². The van der Waals surface area contributed by atoms with Gasteiger partial charge < -0.3 is 38.6 Å². The third-order valence-electron chi connectivity index (χ3n) is 10.5. The summed E-state index contributed by atoms with van der Waals surface area (Å²) in [7, 11) is 0. The number of H-pyrrole nitrogens is 1. The number of likely N-dealkylation sites (tertiary alicyclic amines) is 1. The Balaban J connectivity index is 1.33. The molecule has 1 aromatic carbocycles. The molecule has 4 heterocycles. The van der Waals surface area contributed by atoms with Gasteiger partial charge in [-0.2, -0.15) is 0 Å². The lowest BCUT2D eigenvalue weighted by Gasteiger charge is -2.43. The maximum atomic E-state index is 12.4. The van der Waals surface area contributed by atoms with Crippen molar-refractivity contribution in [3.8, 4) is 5.88 Å². The van der Waals surface area contributed by atoms with E-state index < -0.39 is 54.6 Å². The van der Waals surface area contributed by atoms with Crippen molar-refractivity contribution in [3.63, 3.8) is 0 Å². The van der Waals surface area contributed by atoms with Gasteiger partial charge >= 0.3 is 23.9 Å². The number of carbonyl (C=O) groups is 4. The van der Waals surface area contributed by atoms with Crippen LogP contribution < -0.4 is 10.1 Å². The standard InChI is InChI=1S/C40H56N4O10/c1-24(2)34-32(21-31-12-11-30(20-25(31)3)10-8-9-18-44-19-15-40(23-44)13-16-41-17-14-40)38(43-42-34)54-39-37(52-29(7)48)36(51-28(6)47)35(50-27(5)46)33(53-39)22-49-26(4)45/h8,10-12,20,24,33,35-37,39,41H,9,13-19,21-23H2,1-7H3,(H,42,43). The van der Waals surface area contributed by atoms with Gasteiger partial charge in [-0.1, -0.05) is 44.2 Å². The Morgan fingerprint density at radius 1 is 0.963 bits per heavy atom. The first-order valence-electron chi connectivity index (χ1n) is 19.0. The van der Waals surface area contributed by atoms with Crippen molar-refractivity contribution in [1.29, 1.82) is 0 Å². The molecule has 5 atom stereocenters. The first-order chi connectivity index (χ1) is 25.7. The molecule has 5 unspecified atom stereocenters. The van der Waals surface area contributed by atoms with Gasteiger partial charge in [-0.05, 0) is 80.3 Å². The molecule has 5 rings (SSSR count). The van der Waals surface area contributed by atoms with E-state index in [-0.39, 0.29) is 18.4 Å². The number of aromatic nitrogens is 2. The number of ether oxygens (including phenoxy) is 6. The summed E-state index contributed by atoms with van der Waals surface area (Å²) < 4.78 is 34.4. The summed E-state index contributed by atoms with van der Waals surface area (Å²) in [6, 6.07) is 6.38. The lowest BCUT2D eigenvalue weighted by Crippen LogP contribution is -2.63. The molecule has 3 aliphatic heterocycles. The second-order valence-electron chi connectivity index (χ2n) is 15.1. The van der Waals surface area contributed by atoms with Gasteiger partial charge in [0.25, 0.3) is 0 Å². The van der Waals surface area contributed by atoms with E-state index in [0.29, 0.717) is 11.8 Å². The predicted octanol–water partition coefficient (Wildman–Crippen LogP) is 4.37. The molecule has 0 amide bonds. The van der Waals surface area contributed by atoms with Crippen molar-refractivity contribution in [1.82, 2.24) is 20.4 Å². The number of hydrogen-bond acceptors (Lipinski definition) is 13. The van der Waals surface area contributed by atoms with E-state index in [2.05, 4.69) is 57.7 Å². The van der Waals surface area contributed by atoms with Gasteiger partial charge in [-0.25, -0.2) is 0 Å². The Morgan fingerprint density at radius 2 is 1.65 bits per heavy atom. The Hall–Kier alpha value is -4.27. The second-order valence-corrected chi connectivity index (χ2v) is 15.1. The van der Waals surface area contributed by atoms with Crippen LogP contribution in [-0.4, -0.2) is 109 Å². The quantitative estimate of drug-likeness (QED) is 0.207. The first kappa shape index (κ1) is 40.9. The fourth-order valence-electron chi connectivity index (χ4n) is 7.77. The number of nitrogens with zero attached hydrogens (tertiary/aromatic N) is 2. The molecule has 1 aromatic heterocycles. The number of hydrogen-bond donors (Lipinski definition) is 2. The Morgan fingerprint density at radius 3 is 2.30 bits per heavy atom. The maximum absolute atomic E-state index is 12.4. The number of aryl methyl sites for hydroxylation is 1. The molecule has 1 spiro atoms. The van der Waals surface area contributed by atoms with E-state index in [4.69, 9.17) is 28.4 Å². The number of aromatic amines is 1. The minimum Gasteiger partial charge on any atom is -0.463 e. The highest BCUT2D eigenvalue weighted by atomic mass is 16.7. The summed E-state index contributed by atoms with van der Waals surface area (Å²) in [5.41, 5.74) is 5.40. The molecule has 0 radical (unpaired) electrons. The van der Waals surface area contributed by atoms with E-state index in [1.165, 1.54) is 60.0 Å². The fourth-order valence-corrected chi connectivity index (χ4v) is 7.77. The van der Waals surface area contributed by atoms with Gasteiger partial charge in [0.1, 0.15) is 12.7 Å². The molecule has 3 saturated heterocycles. The molecular weight excluding hydrogens is 696 g/mol. The normalized spacial score (nSPS) is 24.1. The highest BCUT2D eigenvalue weighted by molar-refractivity contribution is 5.68. The van der Waals surface area contributed by atoms with Gasteiger partial charge in [0.15, 0.2) is 12.2 Å². The van der Waals surface area contributed by atoms with Gasteiger partial charge in [-0.3, -0.25) is 24.3 Å². The van der Waals surface area contributed by atoms with Gasteiger partial charge in [-0.15, -0.1) is 5.10 Å². The third kappa shape index (κ3) is 10.7. The van der Waals surface area contributed by atoms with Crippen molar-refractivity contribution in [2.75, 3.05) is 39.3 Å². The number of carbonyl (C=O) groups excluding carboxylic acids is 4. The molecule has 2 aromatic rings. The molecule has 3 aliphatic rings. The van der Waals surface area contributed by atoms with Crippen LogP contribution in [0.25, 0.3) is 6.08 Å². The molecular formula is C40H56N4O10. The monoisotopic (exact) mass is 752 g/mol. The van der Waals surface area contributed by atoms with Crippen LogP contribution in [0.3, 0.4) is 0 Å². The number of nitrogens with one attached hydrogen (secondary N) is 2. The van der Waals surface area contributed by atoms with Gasteiger partial charge in [0.05, 0.1) is 0 Å². The van der Waals surface area contributed by atoms with Crippen molar-refractivity contribution in [3.05, 3.63) is 52.2 Å². The number of rotatable bonds is 14. The van der Waals surface area contributed by atoms with E-state index in [9.17, 15) is 19.2 Å². The number of esters is 4. The minimum atomic E-state index is -1.40. The van der Waals surface area contributed by atoms with Crippen molar-refractivity contribution in [2.45, 2.75) is 117 Å². The number of benzene rings is 1. The largest absolute Gasteiger partial charge is 0.463 e. The van der Waals surface area contributed by atoms with E-state index in [1.54, 1.807) is 0 Å². The molecule has 0 aliphatic carbocycles. The molecule has 3 fully saturated rings. The summed E-state index contributed by atoms with van der Waals surface area (Å²) in [6.45, 7) is 16.3. The topological polar surface area (TPSA) is 168 Å². The predicted molar refractivity (Wildman–Crippen MR) is 198 cm³/mol. The molecule has 0 saturated carbocycles. The zero-order chi connectivity index (χ0) is 39.0. The highest BCUT2D eigenvalue weighted by Crippen LogP contribution is 2.39. The van der Waals surface area contributed by atoms with E-state index in [0.717, 1.165) is 54.0 Å². The van der Waals surface area contributed by atoms with Crippen LogP contribution >= 0.6 is 0 Å². The highest BCUT2D eigenvalue weighted by Gasteiger charge is 2.53. The fraction of sp³-hybridized carbons (Fsp3) is 0.625. The van der Waals surface area contributed by atoms with E-state index >= 15 is 0 Å². The molecule has 0 bridgehead atoms. The first-order valence-corrected chi connectivity index (χ1v) is 19.0. The summed E-state index contributed by atoms with van der Waals surface area (Å²) in [4.78, 5) is 51.2. The molecule has 14 heteroatoms. The Labute approximate surface area is 317 Å². The average Bonchev–Trinajstić information content (AvgIpc) is 3.69. The van der Waals surface area contributed by atoms with E-state index in [1.807, 2.05) is 13.8 Å². The lowest BCUT2D eigenvalue weighted by atomic mass is 9.78. The molecule has 14 nitrogen and oxygen atoms in total. The molecule has 2 N–H and O–H groups in total. The van der Waals surface area contributed by atoms with Gasteiger partial charge in [0, 0.05) is 58.5 Å². The smallest absolute Gasteiger partial charge is 0.303 e. The summed E-state index contributed by atoms with van der Waals surface area (Å²) in [5.74, 6) is -2.53. The average molecular weight is 753 g/mol. The zero-order valence-electron chi connectivity index (χ0n) is 32.6. The van der Waals surface area contributed by atoms with Crippen LogP contribution in [0.2, 0.25) is 0 Å². The lowest BCUT2D eigenvalue weighted by molar-refractivity contribution is -0.289. The van der Waals surface area contributed by atoms with Crippen molar-refractivity contribution in [2.24, 2.45) is 5.41 Å². The third-order valence-corrected chi connectivity index (χ3v) is 10.5. The second kappa shape index (κ2) is 18.4. The number of piperidine rings is 1. The molecule has 296 valence electrons. The van der Waals surface area contributed by atoms with Crippen molar-refractivity contribution < 1.29 is 47.6 Å². The van der Waals surface area contributed by atoms with Crippen LogP contribution in [0.4, 0.5) is 0 Å². The molecule has 54 heavy (non-hydrogen) atoms. The zero-order valence-corrected chi connectivity index (χ0v) is 32.6. The van der Waals surface area contributed by atoms with Crippen LogP contribution in [0.1, 0.15) is 101 Å². The van der Waals surface area contributed by atoms with Crippen LogP contribution in [-0.2, 0) is 49.3 Å². The summed E-state index contributed by atoms with van der Waals surface area (Å²) >= 11 is 0. The van der Waals surface area contributed by atoms with Gasteiger partial charge in [0.2, 0.25) is 18.3 Å².